The molecule has 0 aromatic heterocycles. The van der Waals surface area contributed by atoms with Gasteiger partial charge in [0.2, 0.25) is 0 Å². The highest BCUT2D eigenvalue weighted by molar-refractivity contribution is 5.23. The van der Waals surface area contributed by atoms with Crippen molar-refractivity contribution in [2.45, 2.75) is 31.4 Å². The van der Waals surface area contributed by atoms with E-state index in [2.05, 4.69) is 4.90 Å². The number of ether oxygens (including phenoxy) is 2. The summed E-state index contributed by atoms with van der Waals surface area (Å²) in [6.07, 6.45) is 4.42. The van der Waals surface area contributed by atoms with Gasteiger partial charge in [-0.15, -0.1) is 0 Å². The van der Waals surface area contributed by atoms with Gasteiger partial charge in [-0.1, -0.05) is 18.6 Å². The minimum atomic E-state index is -0.282. The molecule has 0 unspecified atom stereocenters. The van der Waals surface area contributed by atoms with Crippen LogP contribution in [0.25, 0.3) is 0 Å². The summed E-state index contributed by atoms with van der Waals surface area (Å²) < 4.78 is 25.2. The number of likely N-dealkylation sites (tertiary alicyclic amines) is 1. The van der Waals surface area contributed by atoms with Crippen LogP contribution in [0, 0.1) is 17.7 Å². The first kappa shape index (κ1) is 13.5. The lowest BCUT2D eigenvalue weighted by Crippen LogP contribution is -2.40. The molecule has 3 aliphatic rings. The van der Waals surface area contributed by atoms with Crippen LogP contribution >= 0.6 is 0 Å². The van der Waals surface area contributed by atoms with E-state index in [-0.39, 0.29) is 5.82 Å². The predicted molar refractivity (Wildman–Crippen MR) is 77.8 cm³/mol. The number of benzene rings is 1. The molecule has 4 rings (SSSR count). The van der Waals surface area contributed by atoms with Gasteiger partial charge in [0.15, 0.2) is 11.6 Å². The second kappa shape index (κ2) is 5.58. The first-order valence-corrected chi connectivity index (χ1v) is 8.04. The molecule has 1 aromatic rings. The highest BCUT2D eigenvalue weighted by atomic mass is 19.1. The third-order valence-electron chi connectivity index (χ3n) is 5.35. The Morgan fingerprint density at radius 3 is 2.86 bits per heavy atom. The van der Waals surface area contributed by atoms with Gasteiger partial charge in [0.05, 0.1) is 19.3 Å². The van der Waals surface area contributed by atoms with Crippen LogP contribution in [0.3, 0.4) is 0 Å². The fourth-order valence-corrected chi connectivity index (χ4v) is 3.81. The molecule has 0 radical (unpaired) electrons. The van der Waals surface area contributed by atoms with Crippen LogP contribution in [0.4, 0.5) is 4.39 Å². The van der Waals surface area contributed by atoms with Crippen LogP contribution in [0.1, 0.15) is 19.3 Å². The van der Waals surface area contributed by atoms with E-state index in [1.807, 2.05) is 0 Å². The molecule has 3 atom stereocenters. The number of halogens is 1. The predicted octanol–water partition coefficient (Wildman–Crippen LogP) is 2.70. The van der Waals surface area contributed by atoms with E-state index in [4.69, 9.17) is 9.47 Å². The average molecular weight is 291 g/mol. The van der Waals surface area contributed by atoms with E-state index < -0.39 is 0 Å². The van der Waals surface area contributed by atoms with Gasteiger partial charge in [-0.05, 0) is 25.0 Å². The largest absolute Gasteiger partial charge is 0.490 e. The molecule has 114 valence electrons. The number of fused-ring (bicyclic) bond motifs is 1. The number of para-hydroxylation sites is 1. The summed E-state index contributed by atoms with van der Waals surface area (Å²) in [6.45, 7) is 3.51. The monoisotopic (exact) mass is 291 g/mol. The van der Waals surface area contributed by atoms with Crippen LogP contribution < -0.4 is 4.74 Å². The average Bonchev–Trinajstić information content (AvgIpc) is 2.97. The lowest BCUT2D eigenvalue weighted by atomic mass is 9.91. The van der Waals surface area contributed by atoms with Gasteiger partial charge < -0.3 is 9.47 Å². The summed E-state index contributed by atoms with van der Waals surface area (Å²) >= 11 is 0. The van der Waals surface area contributed by atoms with Crippen molar-refractivity contribution in [2.75, 3.05) is 26.3 Å². The number of hydrogen-bond acceptors (Lipinski definition) is 3. The van der Waals surface area contributed by atoms with Gasteiger partial charge in [0.1, 0.15) is 0 Å². The SMILES string of the molecule is Fc1ccccc1OC[C@H]1CO[C@@H]2CN(C3CCC3)C[C@H]12. The van der Waals surface area contributed by atoms with Crippen LogP contribution in [0.15, 0.2) is 24.3 Å². The fourth-order valence-electron chi connectivity index (χ4n) is 3.81. The molecular formula is C17H22FNO2. The molecular weight excluding hydrogens is 269 g/mol. The molecule has 0 N–H and O–H groups in total. The first-order valence-electron chi connectivity index (χ1n) is 8.04. The minimum absolute atomic E-state index is 0.282. The lowest BCUT2D eigenvalue weighted by Gasteiger charge is -2.35. The van der Waals surface area contributed by atoms with Crippen molar-refractivity contribution in [3.63, 3.8) is 0 Å². The topological polar surface area (TPSA) is 21.7 Å². The van der Waals surface area contributed by atoms with Crippen LogP contribution in [0.5, 0.6) is 5.75 Å². The summed E-state index contributed by atoms with van der Waals surface area (Å²) in [6, 6.07) is 7.41. The summed E-state index contributed by atoms with van der Waals surface area (Å²) in [4.78, 5) is 2.59. The Morgan fingerprint density at radius 1 is 1.24 bits per heavy atom. The van der Waals surface area contributed by atoms with Crippen molar-refractivity contribution in [1.82, 2.24) is 4.90 Å². The quantitative estimate of drug-likeness (QED) is 0.851. The third kappa shape index (κ3) is 2.55. The minimum Gasteiger partial charge on any atom is -0.490 e. The van der Waals surface area contributed by atoms with Crippen molar-refractivity contribution in [2.24, 2.45) is 11.8 Å². The number of hydrogen-bond donors (Lipinski definition) is 0. The Morgan fingerprint density at radius 2 is 2.10 bits per heavy atom. The van der Waals surface area contributed by atoms with E-state index in [1.54, 1.807) is 18.2 Å². The van der Waals surface area contributed by atoms with E-state index >= 15 is 0 Å². The van der Waals surface area contributed by atoms with E-state index in [1.165, 1.54) is 25.3 Å². The van der Waals surface area contributed by atoms with E-state index in [0.29, 0.717) is 30.3 Å². The van der Waals surface area contributed by atoms with Crippen LogP contribution in [-0.4, -0.2) is 43.3 Å². The van der Waals surface area contributed by atoms with Crippen molar-refractivity contribution in [1.29, 1.82) is 0 Å². The maximum Gasteiger partial charge on any atom is 0.165 e. The van der Waals surface area contributed by atoms with Gasteiger partial charge in [-0.2, -0.15) is 0 Å². The molecule has 3 fully saturated rings. The molecule has 0 amide bonds. The molecule has 0 bridgehead atoms. The molecule has 2 saturated heterocycles. The Hall–Kier alpha value is -1.13. The molecule has 1 aliphatic carbocycles. The Balaban J connectivity index is 1.35. The van der Waals surface area contributed by atoms with Gasteiger partial charge in [-0.25, -0.2) is 4.39 Å². The standard InChI is InChI=1S/C17H22FNO2/c18-15-6-1-2-7-16(15)20-10-12-11-21-17-9-19(8-14(12)17)13-4-3-5-13/h1-2,6-7,12-14,17H,3-5,8-11H2/t12-,14+,17+/m0/s1. The van der Waals surface area contributed by atoms with Crippen LogP contribution in [0.2, 0.25) is 0 Å². The van der Waals surface area contributed by atoms with Gasteiger partial charge in [0.25, 0.3) is 0 Å². The highest BCUT2D eigenvalue weighted by Crippen LogP contribution is 2.38. The molecule has 21 heavy (non-hydrogen) atoms. The first-order chi connectivity index (χ1) is 10.3. The molecule has 1 saturated carbocycles. The van der Waals surface area contributed by atoms with Crippen molar-refractivity contribution in [3.05, 3.63) is 30.1 Å². The third-order valence-corrected chi connectivity index (χ3v) is 5.35. The second-order valence-electron chi connectivity index (χ2n) is 6.58. The second-order valence-corrected chi connectivity index (χ2v) is 6.58. The molecule has 2 heterocycles. The zero-order chi connectivity index (χ0) is 14.2. The van der Waals surface area contributed by atoms with Crippen molar-refractivity contribution in [3.8, 4) is 5.75 Å². The normalized spacial score (nSPS) is 32.9. The van der Waals surface area contributed by atoms with E-state index in [9.17, 15) is 4.39 Å². The zero-order valence-corrected chi connectivity index (χ0v) is 12.2. The Labute approximate surface area is 125 Å². The fraction of sp³-hybridized carbons (Fsp3) is 0.647. The van der Waals surface area contributed by atoms with Crippen molar-refractivity contribution < 1.29 is 13.9 Å². The zero-order valence-electron chi connectivity index (χ0n) is 12.2. The van der Waals surface area contributed by atoms with Crippen LogP contribution in [-0.2, 0) is 4.74 Å². The van der Waals surface area contributed by atoms with E-state index in [0.717, 1.165) is 25.7 Å². The molecule has 4 heteroatoms. The summed E-state index contributed by atoms with van der Waals surface area (Å²) in [5, 5.41) is 0. The maximum atomic E-state index is 13.6. The Kier molecular flexibility index (Phi) is 3.59. The molecule has 3 nitrogen and oxygen atoms in total. The smallest absolute Gasteiger partial charge is 0.165 e. The maximum absolute atomic E-state index is 13.6. The van der Waals surface area contributed by atoms with Gasteiger partial charge in [0, 0.05) is 31.0 Å². The summed E-state index contributed by atoms with van der Waals surface area (Å²) in [5.41, 5.74) is 0. The Bertz CT molecular complexity index is 505. The van der Waals surface area contributed by atoms with Crippen molar-refractivity contribution >= 4 is 0 Å². The molecule has 1 aromatic carbocycles. The lowest BCUT2D eigenvalue weighted by molar-refractivity contribution is 0.0690. The highest BCUT2D eigenvalue weighted by Gasteiger charge is 2.46. The number of rotatable bonds is 4. The number of nitrogens with zero attached hydrogens (tertiary/aromatic N) is 1. The van der Waals surface area contributed by atoms with Gasteiger partial charge in [-0.3, -0.25) is 4.90 Å². The molecule has 0 spiro atoms. The van der Waals surface area contributed by atoms with Gasteiger partial charge >= 0.3 is 0 Å². The summed E-state index contributed by atoms with van der Waals surface area (Å²) in [5.74, 6) is 1.02. The summed E-state index contributed by atoms with van der Waals surface area (Å²) in [7, 11) is 0. The molecule has 2 aliphatic heterocycles.